The van der Waals surface area contributed by atoms with Gasteiger partial charge in [-0.05, 0) is 12.1 Å². The lowest BCUT2D eigenvalue weighted by Crippen LogP contribution is -2.26. The van der Waals surface area contributed by atoms with Gasteiger partial charge in [0, 0.05) is 5.56 Å². The average molecular weight is 323 g/mol. The molecule has 1 amide bonds. The van der Waals surface area contributed by atoms with Crippen molar-refractivity contribution < 1.29 is 24.5 Å². The number of amidine groups is 1. The van der Waals surface area contributed by atoms with E-state index in [2.05, 4.69) is 15.5 Å². The number of thioether (sulfide) groups is 1. The van der Waals surface area contributed by atoms with E-state index in [1.807, 2.05) is 0 Å². The van der Waals surface area contributed by atoms with E-state index in [-0.39, 0.29) is 17.3 Å². The van der Waals surface area contributed by atoms with Crippen molar-refractivity contribution in [3.63, 3.8) is 0 Å². The quantitative estimate of drug-likeness (QED) is 0.544. The minimum Gasteiger partial charge on any atom is -0.504 e. The predicted octanol–water partition coefficient (Wildman–Crippen LogP) is 0.797. The summed E-state index contributed by atoms with van der Waals surface area (Å²) in [6, 6.07) is 4.90. The summed E-state index contributed by atoms with van der Waals surface area (Å²) in [6.45, 7) is 0. The van der Waals surface area contributed by atoms with Gasteiger partial charge in [0.1, 0.15) is 5.25 Å². The number of ether oxygens (including phenoxy) is 1. The molecule has 1 fully saturated rings. The Balaban J connectivity index is 2.06. The maximum absolute atomic E-state index is 11.5. The zero-order chi connectivity index (χ0) is 16.1. The van der Waals surface area contributed by atoms with Crippen molar-refractivity contribution in [2.45, 2.75) is 11.7 Å². The first kappa shape index (κ1) is 15.8. The van der Waals surface area contributed by atoms with Crippen molar-refractivity contribution in [1.29, 1.82) is 0 Å². The van der Waals surface area contributed by atoms with Gasteiger partial charge in [0.2, 0.25) is 5.91 Å². The minimum atomic E-state index is -1.06. The highest BCUT2D eigenvalue weighted by molar-refractivity contribution is 8.15. The SMILES string of the molecule is COc1cccc(C=NN=C2NC(=O)C(CC(=O)O)S2)c1O. The Bertz CT molecular complexity index is 659. The summed E-state index contributed by atoms with van der Waals surface area (Å²) < 4.78 is 4.97. The number of aromatic hydroxyl groups is 1. The van der Waals surface area contributed by atoms with Crippen LogP contribution in [0.5, 0.6) is 11.5 Å². The second-order valence-corrected chi connectivity index (χ2v) is 5.43. The number of nitrogens with zero attached hydrogens (tertiary/aromatic N) is 2. The van der Waals surface area contributed by atoms with Crippen LogP contribution in [0.3, 0.4) is 0 Å². The maximum atomic E-state index is 11.5. The van der Waals surface area contributed by atoms with Gasteiger partial charge in [0.15, 0.2) is 16.7 Å². The molecule has 9 heteroatoms. The third-order valence-electron chi connectivity index (χ3n) is 2.73. The van der Waals surface area contributed by atoms with E-state index < -0.39 is 17.1 Å². The number of amides is 1. The Hall–Kier alpha value is -2.55. The van der Waals surface area contributed by atoms with Crippen LogP contribution in [-0.2, 0) is 9.59 Å². The lowest BCUT2D eigenvalue weighted by atomic mass is 10.2. The third kappa shape index (κ3) is 3.76. The second kappa shape index (κ2) is 6.94. The number of hydrogen-bond acceptors (Lipinski definition) is 7. The molecule has 1 aliphatic heterocycles. The Morgan fingerprint density at radius 2 is 2.32 bits per heavy atom. The first-order valence-electron chi connectivity index (χ1n) is 6.17. The number of rotatable bonds is 5. The molecule has 22 heavy (non-hydrogen) atoms. The number of nitrogens with one attached hydrogen (secondary N) is 1. The molecule has 1 aliphatic rings. The van der Waals surface area contributed by atoms with Gasteiger partial charge >= 0.3 is 5.97 Å². The van der Waals surface area contributed by atoms with Crippen LogP contribution in [-0.4, -0.2) is 45.8 Å². The molecule has 116 valence electrons. The number of aliphatic carboxylic acids is 1. The average Bonchev–Trinajstić information content (AvgIpc) is 2.80. The molecule has 1 aromatic rings. The minimum absolute atomic E-state index is 0.0687. The Morgan fingerprint density at radius 1 is 1.55 bits per heavy atom. The van der Waals surface area contributed by atoms with Crippen LogP contribution in [0.15, 0.2) is 28.4 Å². The van der Waals surface area contributed by atoms with Crippen LogP contribution in [0, 0.1) is 0 Å². The number of methoxy groups -OCH3 is 1. The third-order valence-corrected chi connectivity index (χ3v) is 3.80. The molecule has 0 saturated carbocycles. The fraction of sp³-hybridized carbons (Fsp3) is 0.231. The fourth-order valence-corrected chi connectivity index (χ4v) is 2.61. The lowest BCUT2D eigenvalue weighted by molar-refractivity contribution is -0.138. The number of para-hydroxylation sites is 1. The molecule has 1 saturated heterocycles. The molecule has 1 atom stereocenters. The Morgan fingerprint density at radius 3 is 3.00 bits per heavy atom. The number of carbonyl (C=O) groups is 2. The van der Waals surface area contributed by atoms with Gasteiger partial charge in [-0.15, -0.1) is 5.10 Å². The summed E-state index contributed by atoms with van der Waals surface area (Å²) in [4.78, 5) is 22.1. The molecule has 0 spiro atoms. The van der Waals surface area contributed by atoms with E-state index in [0.29, 0.717) is 11.3 Å². The maximum Gasteiger partial charge on any atom is 0.305 e. The van der Waals surface area contributed by atoms with Crippen molar-refractivity contribution in [1.82, 2.24) is 5.32 Å². The van der Waals surface area contributed by atoms with Crippen LogP contribution in [0.25, 0.3) is 0 Å². The second-order valence-electron chi connectivity index (χ2n) is 4.24. The number of phenols is 1. The van der Waals surface area contributed by atoms with Gasteiger partial charge in [-0.25, -0.2) is 0 Å². The highest BCUT2D eigenvalue weighted by Gasteiger charge is 2.32. The molecule has 1 unspecified atom stereocenters. The van der Waals surface area contributed by atoms with E-state index in [1.54, 1.807) is 18.2 Å². The first-order valence-corrected chi connectivity index (χ1v) is 7.05. The summed E-state index contributed by atoms with van der Waals surface area (Å²) in [5, 5.41) is 28.1. The van der Waals surface area contributed by atoms with Crippen LogP contribution in [0.2, 0.25) is 0 Å². The van der Waals surface area contributed by atoms with Crippen molar-refractivity contribution in [3.8, 4) is 11.5 Å². The molecule has 0 aliphatic carbocycles. The van der Waals surface area contributed by atoms with Crippen molar-refractivity contribution in [2.75, 3.05) is 7.11 Å². The summed E-state index contributed by atoms with van der Waals surface area (Å²) in [6.07, 6.45) is 1.03. The Kier molecular flexibility index (Phi) is 4.99. The topological polar surface area (TPSA) is 121 Å². The summed E-state index contributed by atoms with van der Waals surface area (Å²) in [5.41, 5.74) is 0.403. The molecular weight excluding hydrogens is 310 g/mol. The zero-order valence-electron chi connectivity index (χ0n) is 11.5. The molecule has 0 bridgehead atoms. The molecule has 0 aromatic heterocycles. The highest BCUT2D eigenvalue weighted by Crippen LogP contribution is 2.28. The van der Waals surface area contributed by atoms with Crippen molar-refractivity contribution in [2.24, 2.45) is 10.2 Å². The Labute approximate surface area is 129 Å². The van der Waals surface area contributed by atoms with E-state index in [9.17, 15) is 14.7 Å². The lowest BCUT2D eigenvalue weighted by Gasteiger charge is -2.04. The van der Waals surface area contributed by atoms with E-state index >= 15 is 0 Å². The van der Waals surface area contributed by atoms with Crippen molar-refractivity contribution in [3.05, 3.63) is 23.8 Å². The number of hydrogen-bond donors (Lipinski definition) is 3. The summed E-state index contributed by atoms with van der Waals surface area (Å²) >= 11 is 1.00. The smallest absolute Gasteiger partial charge is 0.305 e. The summed E-state index contributed by atoms with van der Waals surface area (Å²) in [5.74, 6) is -1.23. The number of phenolic OH excluding ortho intramolecular Hbond substituents is 1. The van der Waals surface area contributed by atoms with Gasteiger partial charge < -0.3 is 20.3 Å². The van der Waals surface area contributed by atoms with E-state index in [1.165, 1.54) is 13.3 Å². The predicted molar refractivity (Wildman–Crippen MR) is 81.5 cm³/mol. The molecule has 1 heterocycles. The van der Waals surface area contributed by atoms with Gasteiger partial charge in [0.05, 0.1) is 19.7 Å². The molecule has 2 rings (SSSR count). The zero-order valence-corrected chi connectivity index (χ0v) is 12.3. The van der Waals surface area contributed by atoms with Crippen LogP contribution >= 0.6 is 11.8 Å². The first-order chi connectivity index (χ1) is 10.5. The van der Waals surface area contributed by atoms with Crippen LogP contribution < -0.4 is 10.1 Å². The van der Waals surface area contributed by atoms with Crippen LogP contribution in [0.1, 0.15) is 12.0 Å². The number of carboxylic acids is 1. The standard InChI is InChI=1S/C13H13N3O5S/c1-21-8-4-2-3-7(11(8)19)6-14-16-13-15-12(20)9(22-13)5-10(17)18/h2-4,6,9,19H,5H2,1H3,(H,17,18)(H,15,16,20). The normalized spacial score (nSPS) is 19.6. The van der Waals surface area contributed by atoms with Crippen LogP contribution in [0.4, 0.5) is 0 Å². The number of carbonyl (C=O) groups excluding carboxylic acids is 1. The number of benzene rings is 1. The molecule has 3 N–H and O–H groups in total. The summed E-state index contributed by atoms with van der Waals surface area (Å²) in [7, 11) is 1.43. The molecular formula is C13H13N3O5S. The van der Waals surface area contributed by atoms with Gasteiger partial charge in [-0.3, -0.25) is 9.59 Å². The molecule has 1 aromatic carbocycles. The largest absolute Gasteiger partial charge is 0.504 e. The highest BCUT2D eigenvalue weighted by atomic mass is 32.2. The fourth-order valence-electron chi connectivity index (χ4n) is 1.70. The monoisotopic (exact) mass is 323 g/mol. The van der Waals surface area contributed by atoms with Crippen molar-refractivity contribution >= 4 is 35.0 Å². The molecule has 8 nitrogen and oxygen atoms in total. The van der Waals surface area contributed by atoms with E-state index in [4.69, 9.17) is 9.84 Å². The number of carboxylic acid groups (broad SMARTS) is 1. The van der Waals surface area contributed by atoms with Gasteiger partial charge in [-0.1, -0.05) is 17.8 Å². The molecule has 0 radical (unpaired) electrons. The van der Waals surface area contributed by atoms with E-state index in [0.717, 1.165) is 11.8 Å². The van der Waals surface area contributed by atoms with Gasteiger partial charge in [0.25, 0.3) is 0 Å². The van der Waals surface area contributed by atoms with Gasteiger partial charge in [-0.2, -0.15) is 5.10 Å².